The van der Waals surface area contributed by atoms with Crippen LogP contribution in [0.3, 0.4) is 0 Å². The summed E-state index contributed by atoms with van der Waals surface area (Å²) in [4.78, 5) is 11.5. The Morgan fingerprint density at radius 3 is 2.53 bits per heavy atom. The van der Waals surface area contributed by atoms with Crippen molar-refractivity contribution in [3.8, 4) is 0 Å². The third-order valence-corrected chi connectivity index (χ3v) is 2.54. The number of carbonyl (C=O) groups excluding carboxylic acids is 1. The largest absolute Gasteiger partial charge is 1.00 e. The molecule has 0 fully saturated rings. The lowest BCUT2D eigenvalue weighted by Gasteiger charge is -2.21. The summed E-state index contributed by atoms with van der Waals surface area (Å²) in [5.74, 6) is -0.149. The zero-order chi connectivity index (χ0) is 13.8. The standard InChI is InChI=1S/C12H15Cl2N3O.ClH/c1-17(2,3)8-12(18)16-15-7-9-4-5-10(13)6-11(9)14;/h4-7H,8H2,1-3H3;1H/b15-7+;. The van der Waals surface area contributed by atoms with Gasteiger partial charge in [-0.2, -0.15) is 5.10 Å². The normalized spacial score (nSPS) is 11.2. The van der Waals surface area contributed by atoms with Gasteiger partial charge in [-0.25, -0.2) is 5.43 Å². The molecule has 0 saturated heterocycles. The lowest BCUT2D eigenvalue weighted by Crippen LogP contribution is -3.00. The van der Waals surface area contributed by atoms with Crippen molar-refractivity contribution in [1.82, 2.24) is 5.43 Å². The van der Waals surface area contributed by atoms with E-state index in [-0.39, 0.29) is 18.3 Å². The van der Waals surface area contributed by atoms with Crippen molar-refractivity contribution in [3.05, 3.63) is 33.8 Å². The predicted octanol–water partition coefficient (Wildman–Crippen LogP) is -0.846. The van der Waals surface area contributed by atoms with Gasteiger partial charge in [0, 0.05) is 10.6 Å². The highest BCUT2D eigenvalue weighted by molar-refractivity contribution is 6.36. The molecule has 106 valence electrons. The van der Waals surface area contributed by atoms with Gasteiger partial charge >= 0.3 is 0 Å². The number of nitrogens with one attached hydrogen (secondary N) is 1. The van der Waals surface area contributed by atoms with Gasteiger partial charge in [0.1, 0.15) is 0 Å². The smallest absolute Gasteiger partial charge is 0.295 e. The molecule has 0 atom stereocenters. The molecule has 0 aromatic heterocycles. The fourth-order valence-electron chi connectivity index (χ4n) is 1.25. The Hall–Kier alpha value is -0.810. The molecule has 1 rings (SSSR count). The van der Waals surface area contributed by atoms with Crippen LogP contribution in [0.2, 0.25) is 10.0 Å². The van der Waals surface area contributed by atoms with Crippen LogP contribution in [0, 0.1) is 0 Å². The van der Waals surface area contributed by atoms with Crippen LogP contribution in [0.1, 0.15) is 5.56 Å². The van der Waals surface area contributed by atoms with Gasteiger partial charge in [0.05, 0.1) is 32.4 Å². The molecule has 0 aliphatic rings. The van der Waals surface area contributed by atoms with E-state index >= 15 is 0 Å². The number of hydrogen-bond donors (Lipinski definition) is 1. The molecule has 0 saturated carbocycles. The Balaban J connectivity index is 0.00000324. The van der Waals surface area contributed by atoms with E-state index < -0.39 is 0 Å². The van der Waals surface area contributed by atoms with Gasteiger partial charge in [0.15, 0.2) is 6.54 Å². The van der Waals surface area contributed by atoms with E-state index in [4.69, 9.17) is 23.2 Å². The number of halogens is 3. The van der Waals surface area contributed by atoms with Gasteiger partial charge in [0.25, 0.3) is 5.91 Å². The number of quaternary nitrogens is 1. The first-order valence-electron chi connectivity index (χ1n) is 5.35. The average Bonchev–Trinajstić information content (AvgIpc) is 2.18. The fraction of sp³-hybridized carbons (Fsp3) is 0.333. The second kappa shape index (κ2) is 7.70. The molecule has 0 heterocycles. The zero-order valence-electron chi connectivity index (χ0n) is 11.0. The average molecular weight is 325 g/mol. The first-order valence-corrected chi connectivity index (χ1v) is 6.11. The quantitative estimate of drug-likeness (QED) is 0.438. The molecule has 1 aromatic carbocycles. The summed E-state index contributed by atoms with van der Waals surface area (Å²) >= 11 is 11.7. The van der Waals surface area contributed by atoms with E-state index in [0.717, 1.165) is 0 Å². The van der Waals surface area contributed by atoms with Crippen molar-refractivity contribution in [2.24, 2.45) is 5.10 Å². The molecule has 4 nitrogen and oxygen atoms in total. The van der Waals surface area contributed by atoms with Gasteiger partial charge in [-0.15, -0.1) is 0 Å². The molecule has 0 spiro atoms. The van der Waals surface area contributed by atoms with Gasteiger partial charge in [-0.1, -0.05) is 29.3 Å². The first kappa shape index (κ1) is 18.2. The van der Waals surface area contributed by atoms with E-state index in [2.05, 4.69) is 10.5 Å². The molecule has 0 unspecified atom stereocenters. The topological polar surface area (TPSA) is 41.5 Å². The van der Waals surface area contributed by atoms with Crippen molar-refractivity contribution in [2.75, 3.05) is 27.7 Å². The molecular formula is C12H16Cl3N3O. The molecule has 1 N–H and O–H groups in total. The zero-order valence-corrected chi connectivity index (χ0v) is 13.2. The molecule has 0 aliphatic carbocycles. The minimum atomic E-state index is -0.149. The Morgan fingerprint density at radius 2 is 2.00 bits per heavy atom. The van der Waals surface area contributed by atoms with Gasteiger partial charge in [-0.3, -0.25) is 4.79 Å². The molecule has 0 bridgehead atoms. The summed E-state index contributed by atoms with van der Waals surface area (Å²) in [7, 11) is 5.79. The van der Waals surface area contributed by atoms with Gasteiger partial charge < -0.3 is 16.9 Å². The second-order valence-corrected chi connectivity index (χ2v) is 5.75. The van der Waals surface area contributed by atoms with Crippen LogP contribution in [0.15, 0.2) is 23.3 Å². The minimum absolute atomic E-state index is 0. The van der Waals surface area contributed by atoms with Crippen LogP contribution in [-0.4, -0.2) is 44.3 Å². The number of likely N-dealkylation sites (N-methyl/N-ethyl adjacent to an activating group) is 1. The third-order valence-electron chi connectivity index (χ3n) is 1.97. The third kappa shape index (κ3) is 7.38. The maximum atomic E-state index is 11.5. The summed E-state index contributed by atoms with van der Waals surface area (Å²) in [6.07, 6.45) is 1.49. The Morgan fingerprint density at radius 1 is 1.37 bits per heavy atom. The van der Waals surface area contributed by atoms with Crippen molar-refractivity contribution in [3.63, 3.8) is 0 Å². The van der Waals surface area contributed by atoms with E-state index in [9.17, 15) is 4.79 Å². The number of benzene rings is 1. The summed E-state index contributed by atoms with van der Waals surface area (Å²) in [5, 5.41) is 4.91. The molecule has 0 radical (unpaired) electrons. The Labute approximate surface area is 129 Å². The predicted molar refractivity (Wildman–Crippen MR) is 75.1 cm³/mol. The Kier molecular flexibility index (Phi) is 7.37. The van der Waals surface area contributed by atoms with E-state index in [1.165, 1.54) is 6.21 Å². The fourth-order valence-corrected chi connectivity index (χ4v) is 1.70. The molecule has 1 aromatic rings. The Bertz CT molecular complexity index is 470. The number of carbonyl (C=O) groups is 1. The number of amides is 1. The van der Waals surface area contributed by atoms with E-state index in [1.54, 1.807) is 18.2 Å². The van der Waals surface area contributed by atoms with Crippen LogP contribution in [-0.2, 0) is 4.79 Å². The van der Waals surface area contributed by atoms with Crippen LogP contribution in [0.4, 0.5) is 0 Å². The van der Waals surface area contributed by atoms with Gasteiger partial charge in [-0.05, 0) is 12.1 Å². The monoisotopic (exact) mass is 323 g/mol. The number of hydrogen-bond acceptors (Lipinski definition) is 2. The number of rotatable bonds is 4. The van der Waals surface area contributed by atoms with Crippen molar-refractivity contribution in [1.29, 1.82) is 0 Å². The maximum Gasteiger partial charge on any atom is 0.295 e. The van der Waals surface area contributed by atoms with Crippen LogP contribution < -0.4 is 17.8 Å². The second-order valence-electron chi connectivity index (χ2n) is 4.91. The van der Waals surface area contributed by atoms with E-state index in [0.29, 0.717) is 26.6 Å². The van der Waals surface area contributed by atoms with Crippen molar-refractivity contribution >= 4 is 35.3 Å². The summed E-state index contributed by atoms with van der Waals surface area (Å²) in [5.41, 5.74) is 3.15. The van der Waals surface area contributed by atoms with Crippen molar-refractivity contribution in [2.45, 2.75) is 0 Å². The van der Waals surface area contributed by atoms with Crippen LogP contribution in [0.5, 0.6) is 0 Å². The van der Waals surface area contributed by atoms with Crippen molar-refractivity contribution < 1.29 is 21.7 Å². The van der Waals surface area contributed by atoms with Crippen LogP contribution >= 0.6 is 23.2 Å². The van der Waals surface area contributed by atoms with E-state index in [1.807, 2.05) is 21.1 Å². The lowest BCUT2D eigenvalue weighted by atomic mass is 10.2. The first-order chi connectivity index (χ1) is 8.28. The lowest BCUT2D eigenvalue weighted by molar-refractivity contribution is -0.862. The molecule has 1 amide bonds. The summed E-state index contributed by atoms with van der Waals surface area (Å²) < 4.78 is 0.545. The SMILES string of the molecule is C[N+](C)(C)CC(=O)N/N=C/c1ccc(Cl)cc1Cl.[Cl-]. The molecule has 19 heavy (non-hydrogen) atoms. The molecular weight excluding hydrogens is 309 g/mol. The maximum absolute atomic E-state index is 11.5. The van der Waals surface area contributed by atoms with Gasteiger partial charge in [0.2, 0.25) is 0 Å². The molecule has 0 aliphatic heterocycles. The number of hydrazone groups is 1. The highest BCUT2D eigenvalue weighted by Gasteiger charge is 2.13. The van der Waals surface area contributed by atoms with Crippen LogP contribution in [0.25, 0.3) is 0 Å². The molecule has 7 heteroatoms. The summed E-state index contributed by atoms with van der Waals surface area (Å²) in [6, 6.07) is 5.07. The summed E-state index contributed by atoms with van der Waals surface area (Å²) in [6.45, 7) is 0.353. The highest BCUT2D eigenvalue weighted by Crippen LogP contribution is 2.19. The number of nitrogens with zero attached hydrogens (tertiary/aromatic N) is 2. The minimum Gasteiger partial charge on any atom is -1.00 e. The highest BCUT2D eigenvalue weighted by atomic mass is 35.5.